The number of likely N-dealkylation sites (tertiary alicyclic amines) is 1. The summed E-state index contributed by atoms with van der Waals surface area (Å²) in [4.78, 5) is 15.2. The second-order valence-corrected chi connectivity index (χ2v) is 7.40. The molecule has 0 bridgehead atoms. The first kappa shape index (κ1) is 17.4. The molecular weight excluding hydrogens is 348 g/mol. The maximum absolute atomic E-state index is 12.8. The van der Waals surface area contributed by atoms with Crippen LogP contribution in [0, 0.1) is 0 Å². The highest BCUT2D eigenvalue weighted by atomic mass is 35.5. The predicted molar refractivity (Wildman–Crippen MR) is 103 cm³/mol. The molecule has 2 aromatic carbocycles. The Morgan fingerprint density at radius 1 is 1.19 bits per heavy atom. The van der Waals surface area contributed by atoms with Crippen LogP contribution in [0.25, 0.3) is 0 Å². The van der Waals surface area contributed by atoms with Crippen molar-refractivity contribution in [3.05, 3.63) is 64.7 Å². The molecule has 0 radical (unpaired) electrons. The van der Waals surface area contributed by atoms with Gasteiger partial charge in [-0.3, -0.25) is 9.69 Å². The Morgan fingerprint density at radius 2 is 2.00 bits per heavy atom. The van der Waals surface area contributed by atoms with Crippen LogP contribution in [-0.2, 0) is 4.79 Å². The van der Waals surface area contributed by atoms with Crippen LogP contribution >= 0.6 is 11.6 Å². The number of nitrogens with one attached hydrogen (secondary N) is 1. The van der Waals surface area contributed by atoms with Gasteiger partial charge in [-0.25, -0.2) is 0 Å². The van der Waals surface area contributed by atoms with Gasteiger partial charge < -0.3 is 10.1 Å². The summed E-state index contributed by atoms with van der Waals surface area (Å²) in [5, 5.41) is 3.89. The van der Waals surface area contributed by atoms with Crippen LogP contribution in [0.3, 0.4) is 0 Å². The van der Waals surface area contributed by atoms with Crippen molar-refractivity contribution in [2.45, 2.75) is 24.8 Å². The zero-order valence-electron chi connectivity index (χ0n) is 14.7. The molecule has 1 amide bonds. The van der Waals surface area contributed by atoms with Crippen LogP contribution in [0.1, 0.15) is 35.9 Å². The number of benzene rings is 2. The molecule has 0 aromatic heterocycles. The Morgan fingerprint density at radius 3 is 2.81 bits per heavy atom. The molecule has 5 heteroatoms. The van der Waals surface area contributed by atoms with Gasteiger partial charge in [-0.15, -0.1) is 0 Å². The van der Waals surface area contributed by atoms with Gasteiger partial charge in [-0.05, 0) is 49.7 Å². The Labute approximate surface area is 159 Å². The van der Waals surface area contributed by atoms with E-state index in [1.165, 1.54) is 12.8 Å². The van der Waals surface area contributed by atoms with E-state index in [0.717, 1.165) is 35.0 Å². The smallest absolute Gasteiger partial charge is 0.231 e. The maximum Gasteiger partial charge on any atom is 0.231 e. The molecular formula is C21H23ClN2O2. The van der Waals surface area contributed by atoms with Gasteiger partial charge in [0.1, 0.15) is 18.3 Å². The lowest BCUT2D eigenvalue weighted by Gasteiger charge is -2.28. The largest absolute Gasteiger partial charge is 0.492 e. The van der Waals surface area contributed by atoms with Crippen molar-refractivity contribution in [1.82, 2.24) is 10.2 Å². The number of fused-ring (bicyclic) bond motifs is 1. The molecule has 26 heavy (non-hydrogen) atoms. The van der Waals surface area contributed by atoms with Crippen molar-refractivity contribution in [2.75, 3.05) is 26.2 Å². The minimum atomic E-state index is -0.232. The van der Waals surface area contributed by atoms with Crippen molar-refractivity contribution in [1.29, 1.82) is 0 Å². The fourth-order valence-electron chi connectivity index (χ4n) is 3.93. The molecule has 0 saturated carbocycles. The van der Waals surface area contributed by atoms with Crippen molar-refractivity contribution in [3.63, 3.8) is 0 Å². The molecule has 1 fully saturated rings. The molecule has 2 heterocycles. The van der Waals surface area contributed by atoms with Crippen LogP contribution in [0.15, 0.2) is 48.5 Å². The summed E-state index contributed by atoms with van der Waals surface area (Å²) in [6.07, 6.45) is 2.41. The summed E-state index contributed by atoms with van der Waals surface area (Å²) in [7, 11) is 0. The van der Waals surface area contributed by atoms with E-state index in [2.05, 4.69) is 16.3 Å². The lowest BCUT2D eigenvalue weighted by molar-refractivity contribution is -0.123. The van der Waals surface area contributed by atoms with Crippen molar-refractivity contribution in [2.24, 2.45) is 0 Å². The average molecular weight is 371 g/mol. The van der Waals surface area contributed by atoms with Crippen LogP contribution in [0.5, 0.6) is 5.75 Å². The van der Waals surface area contributed by atoms with E-state index in [9.17, 15) is 4.79 Å². The molecule has 0 spiro atoms. The summed E-state index contributed by atoms with van der Waals surface area (Å²) in [6, 6.07) is 15.9. The van der Waals surface area contributed by atoms with Crippen LogP contribution in [0.4, 0.5) is 0 Å². The first-order valence-corrected chi connectivity index (χ1v) is 9.59. The van der Waals surface area contributed by atoms with Crippen LogP contribution in [-0.4, -0.2) is 37.0 Å². The highest BCUT2D eigenvalue weighted by Gasteiger charge is 2.31. The highest BCUT2D eigenvalue weighted by molar-refractivity contribution is 6.30. The fourth-order valence-corrected chi connectivity index (χ4v) is 4.12. The highest BCUT2D eigenvalue weighted by Crippen LogP contribution is 2.34. The third-order valence-electron chi connectivity index (χ3n) is 5.30. The number of rotatable bonds is 5. The third-order valence-corrected chi connectivity index (χ3v) is 5.54. The van der Waals surface area contributed by atoms with Gasteiger partial charge >= 0.3 is 0 Å². The standard InChI is InChI=1S/C21H23ClN2O2/c22-16-7-5-6-15(12-16)19(24-10-3-4-11-24)13-23-21(25)18-14-26-20-9-2-1-8-17(18)20/h1-2,5-9,12,18-19H,3-4,10-11,13-14H2,(H,23,25). The summed E-state index contributed by atoms with van der Waals surface area (Å²) in [5.74, 6) is 0.615. The molecule has 4 nitrogen and oxygen atoms in total. The number of ether oxygens (including phenoxy) is 1. The van der Waals surface area contributed by atoms with E-state index in [4.69, 9.17) is 16.3 Å². The van der Waals surface area contributed by atoms with Crippen molar-refractivity contribution < 1.29 is 9.53 Å². The van der Waals surface area contributed by atoms with Crippen LogP contribution < -0.4 is 10.1 Å². The number of hydrogen-bond donors (Lipinski definition) is 1. The normalized spacial score (nSPS) is 20.4. The summed E-state index contributed by atoms with van der Waals surface area (Å²) >= 11 is 6.20. The third kappa shape index (κ3) is 3.57. The Kier molecular flexibility index (Phi) is 5.14. The van der Waals surface area contributed by atoms with Crippen molar-refractivity contribution >= 4 is 17.5 Å². The number of para-hydroxylation sites is 1. The van der Waals surface area contributed by atoms with Gasteiger partial charge in [0.2, 0.25) is 5.91 Å². The second kappa shape index (κ2) is 7.68. The van der Waals surface area contributed by atoms with E-state index in [1.54, 1.807) is 0 Å². The van der Waals surface area contributed by atoms with Gasteiger partial charge in [0.25, 0.3) is 0 Å². The lowest BCUT2D eigenvalue weighted by Crippen LogP contribution is -2.39. The minimum Gasteiger partial charge on any atom is -0.492 e. The summed E-state index contributed by atoms with van der Waals surface area (Å²) in [5.41, 5.74) is 2.13. The number of hydrogen-bond acceptors (Lipinski definition) is 3. The molecule has 2 unspecified atom stereocenters. The zero-order chi connectivity index (χ0) is 17.9. The molecule has 2 aliphatic rings. The lowest BCUT2D eigenvalue weighted by atomic mass is 10.00. The van der Waals surface area contributed by atoms with Crippen LogP contribution in [0.2, 0.25) is 5.02 Å². The maximum atomic E-state index is 12.8. The van der Waals surface area contributed by atoms with Gasteiger partial charge in [-0.1, -0.05) is 41.9 Å². The molecule has 2 aliphatic heterocycles. The predicted octanol–water partition coefficient (Wildman–Crippen LogP) is 3.77. The Hall–Kier alpha value is -2.04. The zero-order valence-corrected chi connectivity index (χ0v) is 15.4. The molecule has 136 valence electrons. The Balaban J connectivity index is 1.47. The number of carbonyl (C=O) groups is 1. The quantitative estimate of drug-likeness (QED) is 0.871. The first-order valence-electron chi connectivity index (χ1n) is 9.21. The van der Waals surface area contributed by atoms with Crippen molar-refractivity contribution in [3.8, 4) is 5.75 Å². The Bertz CT molecular complexity index is 789. The topological polar surface area (TPSA) is 41.6 Å². The molecule has 2 atom stereocenters. The molecule has 1 N–H and O–H groups in total. The molecule has 2 aromatic rings. The second-order valence-electron chi connectivity index (χ2n) is 6.96. The molecule has 0 aliphatic carbocycles. The summed E-state index contributed by atoms with van der Waals surface area (Å²) in [6.45, 7) is 3.11. The van der Waals surface area contributed by atoms with Gasteiger partial charge in [0, 0.05) is 17.1 Å². The van der Waals surface area contributed by atoms with E-state index < -0.39 is 0 Å². The molecule has 4 rings (SSSR count). The molecule has 1 saturated heterocycles. The number of amides is 1. The SMILES string of the molecule is O=C(NCC(c1cccc(Cl)c1)N1CCCC1)C1COc2ccccc21. The first-order chi connectivity index (χ1) is 12.7. The van der Waals surface area contributed by atoms with Gasteiger partial charge in [-0.2, -0.15) is 0 Å². The van der Waals surface area contributed by atoms with Gasteiger partial charge in [0.05, 0.1) is 6.04 Å². The number of nitrogens with zero attached hydrogens (tertiary/aromatic N) is 1. The van der Waals surface area contributed by atoms with E-state index in [1.807, 2.05) is 42.5 Å². The van der Waals surface area contributed by atoms with E-state index >= 15 is 0 Å². The average Bonchev–Trinajstić information content (AvgIpc) is 3.32. The fraction of sp³-hybridized carbons (Fsp3) is 0.381. The number of carbonyl (C=O) groups excluding carboxylic acids is 1. The van der Waals surface area contributed by atoms with E-state index in [0.29, 0.717) is 13.2 Å². The number of halogens is 1. The van der Waals surface area contributed by atoms with E-state index in [-0.39, 0.29) is 17.9 Å². The minimum absolute atomic E-state index is 0.0289. The monoisotopic (exact) mass is 370 g/mol. The summed E-state index contributed by atoms with van der Waals surface area (Å²) < 4.78 is 5.65. The van der Waals surface area contributed by atoms with Gasteiger partial charge in [0.15, 0.2) is 0 Å².